The lowest BCUT2D eigenvalue weighted by Gasteiger charge is -2.06. The van der Waals surface area contributed by atoms with Crippen molar-refractivity contribution in [2.75, 3.05) is 18.2 Å². The highest BCUT2D eigenvalue weighted by molar-refractivity contribution is 9.14. The van der Waals surface area contributed by atoms with Gasteiger partial charge in [0, 0.05) is 11.1 Å². The summed E-state index contributed by atoms with van der Waals surface area (Å²) in [4.78, 5) is 0. The van der Waals surface area contributed by atoms with Crippen molar-refractivity contribution in [1.29, 1.82) is 0 Å². The van der Waals surface area contributed by atoms with Gasteiger partial charge in [-0.15, -0.1) is 11.8 Å². The fraction of sp³-hybridized carbons (Fsp3) is 0.273. The zero-order valence-electron chi connectivity index (χ0n) is 8.87. The predicted molar refractivity (Wildman–Crippen MR) is 79.3 cm³/mol. The fourth-order valence-electron chi connectivity index (χ4n) is 1.09. The fourth-order valence-corrected chi connectivity index (χ4v) is 2.82. The van der Waals surface area contributed by atoms with Crippen LogP contribution in [0.2, 0.25) is 0 Å². The molecular formula is C11H13Br2NOS. The van der Waals surface area contributed by atoms with Gasteiger partial charge in [-0.25, -0.2) is 0 Å². The molecule has 0 aliphatic rings. The van der Waals surface area contributed by atoms with Gasteiger partial charge in [-0.1, -0.05) is 15.9 Å². The minimum Gasteiger partial charge on any atom is -0.497 e. The summed E-state index contributed by atoms with van der Waals surface area (Å²) in [7, 11) is 1.65. The van der Waals surface area contributed by atoms with Crippen LogP contribution in [0.15, 0.2) is 28.1 Å². The number of alkyl halides is 1. The van der Waals surface area contributed by atoms with Crippen molar-refractivity contribution in [3.8, 4) is 5.75 Å². The van der Waals surface area contributed by atoms with E-state index in [1.54, 1.807) is 18.9 Å². The molecule has 0 heterocycles. The van der Waals surface area contributed by atoms with Crippen LogP contribution in [0.3, 0.4) is 0 Å². The summed E-state index contributed by atoms with van der Waals surface area (Å²) in [6, 6.07) is 7.70. The summed E-state index contributed by atoms with van der Waals surface area (Å²) in [5.41, 5.74) is 7.78. The van der Waals surface area contributed by atoms with Gasteiger partial charge in [-0.05, 0) is 45.8 Å². The Morgan fingerprint density at radius 1 is 1.38 bits per heavy atom. The summed E-state index contributed by atoms with van der Waals surface area (Å²) < 4.78 is 6.06. The second-order valence-electron chi connectivity index (χ2n) is 2.95. The van der Waals surface area contributed by atoms with Crippen molar-refractivity contribution in [1.82, 2.24) is 0 Å². The Hall–Kier alpha value is -0.130. The lowest BCUT2D eigenvalue weighted by molar-refractivity contribution is 0.415. The molecule has 0 radical (unpaired) electrons. The Morgan fingerprint density at radius 3 is 2.50 bits per heavy atom. The second-order valence-corrected chi connectivity index (χ2v) is 6.17. The van der Waals surface area contributed by atoms with Crippen LogP contribution < -0.4 is 10.5 Å². The van der Waals surface area contributed by atoms with Gasteiger partial charge in [0.2, 0.25) is 0 Å². The predicted octanol–water partition coefficient (Wildman–Crippen LogP) is 3.80. The number of thioether (sulfide) groups is 1. The summed E-state index contributed by atoms with van der Waals surface area (Å²) in [5, 5.41) is 0.947. The molecule has 0 aromatic heterocycles. The van der Waals surface area contributed by atoms with E-state index in [4.69, 9.17) is 10.5 Å². The minimum absolute atomic E-state index is 0.758. The van der Waals surface area contributed by atoms with Crippen LogP contribution >= 0.6 is 43.6 Å². The quantitative estimate of drug-likeness (QED) is 0.805. The van der Waals surface area contributed by atoms with Crippen LogP contribution in [0, 0.1) is 0 Å². The largest absolute Gasteiger partial charge is 0.497 e. The molecule has 2 N–H and O–H groups in total. The van der Waals surface area contributed by atoms with Crippen molar-refractivity contribution in [2.24, 2.45) is 5.73 Å². The SMILES string of the molecule is COc1ccc(/C(N)=C(\Br)SCCBr)cc1. The second kappa shape index (κ2) is 7.25. The first-order valence-electron chi connectivity index (χ1n) is 4.67. The van der Waals surface area contributed by atoms with Crippen molar-refractivity contribution in [3.05, 3.63) is 33.6 Å². The summed E-state index contributed by atoms with van der Waals surface area (Å²) in [5.74, 6) is 1.82. The molecule has 1 aromatic rings. The molecular weight excluding hydrogens is 354 g/mol. The average molecular weight is 367 g/mol. The van der Waals surface area contributed by atoms with E-state index in [0.29, 0.717) is 0 Å². The normalized spacial score (nSPS) is 12.2. The van der Waals surface area contributed by atoms with Gasteiger partial charge in [0.25, 0.3) is 0 Å². The van der Waals surface area contributed by atoms with Crippen molar-refractivity contribution < 1.29 is 4.74 Å². The highest BCUT2D eigenvalue weighted by atomic mass is 79.9. The van der Waals surface area contributed by atoms with E-state index >= 15 is 0 Å². The molecule has 0 fully saturated rings. The zero-order valence-corrected chi connectivity index (χ0v) is 12.9. The van der Waals surface area contributed by atoms with E-state index in [1.165, 1.54) is 0 Å². The van der Waals surface area contributed by atoms with E-state index < -0.39 is 0 Å². The van der Waals surface area contributed by atoms with E-state index in [1.807, 2.05) is 24.3 Å². The molecule has 88 valence electrons. The maximum atomic E-state index is 6.03. The molecule has 0 spiro atoms. The third kappa shape index (κ3) is 4.03. The number of hydrogen-bond acceptors (Lipinski definition) is 3. The smallest absolute Gasteiger partial charge is 0.118 e. The highest BCUT2D eigenvalue weighted by Gasteiger charge is 2.03. The first kappa shape index (κ1) is 13.9. The average Bonchev–Trinajstić information content (AvgIpc) is 2.35. The standard InChI is InChI=1S/C11H13Br2NOS/c1-15-9-4-2-8(3-5-9)10(14)11(13)16-7-6-12/h2-5H,6-7,14H2,1H3/b11-10-. The molecule has 5 heteroatoms. The van der Waals surface area contributed by atoms with Gasteiger partial charge in [0.1, 0.15) is 5.75 Å². The topological polar surface area (TPSA) is 35.2 Å². The number of rotatable bonds is 5. The third-order valence-electron chi connectivity index (χ3n) is 1.92. The monoisotopic (exact) mass is 365 g/mol. The maximum Gasteiger partial charge on any atom is 0.118 e. The number of nitrogens with two attached hydrogens (primary N) is 1. The lowest BCUT2D eigenvalue weighted by Crippen LogP contribution is -1.98. The first-order chi connectivity index (χ1) is 7.69. The Morgan fingerprint density at radius 2 is 2.00 bits per heavy atom. The molecule has 0 bridgehead atoms. The molecule has 1 rings (SSSR count). The van der Waals surface area contributed by atoms with Gasteiger partial charge >= 0.3 is 0 Å². The summed E-state index contributed by atoms with van der Waals surface area (Å²) in [6.07, 6.45) is 0. The van der Waals surface area contributed by atoms with E-state index in [-0.39, 0.29) is 0 Å². The highest BCUT2D eigenvalue weighted by Crippen LogP contribution is 2.29. The molecule has 0 aliphatic heterocycles. The molecule has 0 amide bonds. The molecule has 0 saturated heterocycles. The maximum absolute atomic E-state index is 6.03. The molecule has 0 aliphatic carbocycles. The van der Waals surface area contributed by atoms with E-state index in [0.717, 1.165) is 31.9 Å². The molecule has 2 nitrogen and oxygen atoms in total. The van der Waals surface area contributed by atoms with Crippen molar-refractivity contribution in [2.45, 2.75) is 0 Å². The van der Waals surface area contributed by atoms with Gasteiger partial charge in [0.05, 0.1) is 16.6 Å². The molecule has 0 saturated carbocycles. The van der Waals surface area contributed by atoms with Gasteiger partial charge in [0.15, 0.2) is 0 Å². The number of halogens is 2. The summed E-state index contributed by atoms with van der Waals surface area (Å²) >= 11 is 8.55. The number of benzene rings is 1. The molecule has 16 heavy (non-hydrogen) atoms. The van der Waals surface area contributed by atoms with Gasteiger partial charge in [-0.3, -0.25) is 0 Å². The van der Waals surface area contributed by atoms with Gasteiger partial charge < -0.3 is 10.5 Å². The van der Waals surface area contributed by atoms with Crippen LogP contribution in [-0.4, -0.2) is 18.2 Å². The Balaban J connectivity index is 2.81. The number of ether oxygens (including phenoxy) is 1. The van der Waals surface area contributed by atoms with Gasteiger partial charge in [-0.2, -0.15) is 0 Å². The third-order valence-corrected chi connectivity index (χ3v) is 4.84. The van der Waals surface area contributed by atoms with Crippen molar-refractivity contribution in [3.63, 3.8) is 0 Å². The lowest BCUT2D eigenvalue weighted by atomic mass is 10.2. The van der Waals surface area contributed by atoms with Crippen LogP contribution in [0.4, 0.5) is 0 Å². The van der Waals surface area contributed by atoms with E-state index in [2.05, 4.69) is 31.9 Å². The Bertz CT molecular complexity index is 365. The van der Waals surface area contributed by atoms with E-state index in [9.17, 15) is 0 Å². The van der Waals surface area contributed by atoms with Crippen LogP contribution in [-0.2, 0) is 0 Å². The van der Waals surface area contributed by atoms with Crippen molar-refractivity contribution >= 4 is 49.3 Å². The first-order valence-corrected chi connectivity index (χ1v) is 7.57. The van der Waals surface area contributed by atoms with Crippen LogP contribution in [0.5, 0.6) is 5.75 Å². The van der Waals surface area contributed by atoms with Crippen LogP contribution in [0.25, 0.3) is 5.70 Å². The minimum atomic E-state index is 0.758. The zero-order chi connectivity index (χ0) is 12.0. The number of hydrogen-bond donors (Lipinski definition) is 1. The Labute approximate surface area is 117 Å². The molecule has 1 aromatic carbocycles. The summed E-state index contributed by atoms with van der Waals surface area (Å²) in [6.45, 7) is 0. The molecule has 0 atom stereocenters. The Kier molecular flexibility index (Phi) is 6.31. The molecule has 0 unspecified atom stereocenters. The van der Waals surface area contributed by atoms with Crippen LogP contribution in [0.1, 0.15) is 5.56 Å². The number of methoxy groups -OCH3 is 1.